The first-order valence-corrected chi connectivity index (χ1v) is 8.96. The molecule has 2 aliphatic rings. The second-order valence-electron chi connectivity index (χ2n) is 7.22. The SMILES string of the molecule is CCNC(=NCc1cn(C)nc1C(F)(F)F)N1CCC2(CCCC2)C1.I. The van der Waals surface area contributed by atoms with Crippen molar-refractivity contribution in [3.63, 3.8) is 0 Å². The molecular weight excluding hydrogens is 458 g/mol. The van der Waals surface area contributed by atoms with Gasteiger partial charge in [-0.2, -0.15) is 18.3 Å². The Bertz CT molecular complexity index is 635. The first kappa shape index (κ1) is 21.3. The van der Waals surface area contributed by atoms with Gasteiger partial charge >= 0.3 is 6.18 Å². The van der Waals surface area contributed by atoms with Crippen LogP contribution in [0.5, 0.6) is 0 Å². The number of halogens is 4. The van der Waals surface area contributed by atoms with Crippen LogP contribution in [0.2, 0.25) is 0 Å². The first-order chi connectivity index (χ1) is 11.8. The number of nitrogens with zero attached hydrogens (tertiary/aromatic N) is 4. The molecule has 1 N–H and O–H groups in total. The molecule has 2 heterocycles. The molecule has 9 heteroatoms. The van der Waals surface area contributed by atoms with Crippen molar-refractivity contribution in [1.82, 2.24) is 20.0 Å². The van der Waals surface area contributed by atoms with Crippen LogP contribution in [-0.4, -0.2) is 40.3 Å². The fraction of sp³-hybridized carbons (Fsp3) is 0.765. The van der Waals surface area contributed by atoms with Crippen molar-refractivity contribution in [3.05, 3.63) is 17.5 Å². The lowest BCUT2D eigenvalue weighted by Crippen LogP contribution is -2.41. The summed E-state index contributed by atoms with van der Waals surface area (Å²) >= 11 is 0. The van der Waals surface area contributed by atoms with E-state index in [2.05, 4.69) is 20.3 Å². The van der Waals surface area contributed by atoms with Crippen molar-refractivity contribution < 1.29 is 13.2 Å². The number of hydrogen-bond acceptors (Lipinski definition) is 2. The van der Waals surface area contributed by atoms with E-state index in [-0.39, 0.29) is 36.1 Å². The maximum Gasteiger partial charge on any atom is 0.435 e. The van der Waals surface area contributed by atoms with Crippen LogP contribution >= 0.6 is 24.0 Å². The Morgan fingerprint density at radius 2 is 2.00 bits per heavy atom. The van der Waals surface area contributed by atoms with Gasteiger partial charge in [-0.05, 0) is 31.6 Å². The average molecular weight is 485 g/mol. The molecule has 1 saturated carbocycles. The fourth-order valence-electron chi connectivity index (χ4n) is 4.13. The van der Waals surface area contributed by atoms with Gasteiger partial charge in [-0.25, -0.2) is 4.99 Å². The van der Waals surface area contributed by atoms with Crippen molar-refractivity contribution in [2.75, 3.05) is 19.6 Å². The van der Waals surface area contributed by atoms with Crippen LogP contribution in [0.15, 0.2) is 11.2 Å². The number of alkyl halides is 3. The molecule has 1 saturated heterocycles. The molecule has 0 bridgehead atoms. The Balaban J connectivity index is 0.00000243. The molecule has 0 amide bonds. The summed E-state index contributed by atoms with van der Waals surface area (Å²) in [4.78, 5) is 6.69. The third-order valence-electron chi connectivity index (χ3n) is 5.31. The highest BCUT2D eigenvalue weighted by Gasteiger charge is 2.41. The summed E-state index contributed by atoms with van der Waals surface area (Å²) in [6.45, 7) is 4.53. The minimum atomic E-state index is -4.45. The van der Waals surface area contributed by atoms with E-state index in [1.165, 1.54) is 43.6 Å². The second kappa shape index (κ2) is 8.35. The summed E-state index contributed by atoms with van der Waals surface area (Å²) < 4.78 is 40.5. The van der Waals surface area contributed by atoms with Gasteiger partial charge in [0.25, 0.3) is 0 Å². The Morgan fingerprint density at radius 3 is 2.62 bits per heavy atom. The number of nitrogens with one attached hydrogen (secondary N) is 1. The quantitative estimate of drug-likeness (QED) is 0.403. The predicted molar refractivity (Wildman–Crippen MR) is 106 cm³/mol. The smallest absolute Gasteiger partial charge is 0.357 e. The predicted octanol–water partition coefficient (Wildman–Crippen LogP) is 3.79. The molecule has 0 atom stereocenters. The number of aliphatic imine (C=N–C) groups is 1. The van der Waals surface area contributed by atoms with E-state index < -0.39 is 11.9 Å². The summed E-state index contributed by atoms with van der Waals surface area (Å²) in [6, 6.07) is 0. The minimum absolute atomic E-state index is 0. The number of guanidine groups is 1. The van der Waals surface area contributed by atoms with Crippen molar-refractivity contribution >= 4 is 29.9 Å². The molecule has 0 unspecified atom stereocenters. The summed E-state index contributed by atoms with van der Waals surface area (Å²) in [5, 5.41) is 6.78. The van der Waals surface area contributed by atoms with Gasteiger partial charge in [-0.15, -0.1) is 24.0 Å². The average Bonchev–Trinajstić information content (AvgIpc) is 3.25. The monoisotopic (exact) mass is 485 g/mol. The van der Waals surface area contributed by atoms with Gasteiger partial charge in [0.1, 0.15) is 0 Å². The molecule has 26 heavy (non-hydrogen) atoms. The van der Waals surface area contributed by atoms with Crippen molar-refractivity contribution in [3.8, 4) is 0 Å². The zero-order valence-corrected chi connectivity index (χ0v) is 17.6. The molecule has 0 radical (unpaired) electrons. The van der Waals surface area contributed by atoms with Gasteiger partial charge in [-0.1, -0.05) is 12.8 Å². The van der Waals surface area contributed by atoms with Crippen molar-refractivity contribution in [2.24, 2.45) is 17.5 Å². The van der Waals surface area contributed by atoms with E-state index in [0.29, 0.717) is 17.9 Å². The van der Waals surface area contributed by atoms with E-state index in [9.17, 15) is 13.2 Å². The maximum atomic E-state index is 13.1. The largest absolute Gasteiger partial charge is 0.435 e. The first-order valence-electron chi connectivity index (χ1n) is 8.96. The molecule has 2 fully saturated rings. The molecule has 1 aromatic heterocycles. The molecule has 0 aromatic carbocycles. The number of aryl methyl sites for hydroxylation is 1. The van der Waals surface area contributed by atoms with Crippen LogP contribution in [0.1, 0.15) is 50.3 Å². The van der Waals surface area contributed by atoms with Crippen LogP contribution in [0, 0.1) is 5.41 Å². The molecule has 1 aromatic rings. The lowest BCUT2D eigenvalue weighted by Gasteiger charge is -2.26. The highest BCUT2D eigenvalue weighted by Crippen LogP contribution is 2.45. The summed E-state index contributed by atoms with van der Waals surface area (Å²) in [6.07, 6.45) is 3.17. The van der Waals surface area contributed by atoms with E-state index in [0.717, 1.165) is 19.5 Å². The molecule has 3 rings (SSSR count). The lowest BCUT2D eigenvalue weighted by atomic mass is 9.86. The third-order valence-corrected chi connectivity index (χ3v) is 5.31. The molecule has 1 aliphatic heterocycles. The zero-order valence-electron chi connectivity index (χ0n) is 15.3. The van der Waals surface area contributed by atoms with Gasteiger partial charge in [0, 0.05) is 38.4 Å². The summed E-state index contributed by atoms with van der Waals surface area (Å²) in [7, 11) is 1.50. The van der Waals surface area contributed by atoms with Crippen LogP contribution in [0.4, 0.5) is 13.2 Å². The Kier molecular flexibility index (Phi) is 6.84. The van der Waals surface area contributed by atoms with Crippen LogP contribution in [-0.2, 0) is 19.8 Å². The Labute approximate surface area is 169 Å². The van der Waals surface area contributed by atoms with Gasteiger partial charge in [0.05, 0.1) is 6.54 Å². The molecule has 5 nitrogen and oxygen atoms in total. The van der Waals surface area contributed by atoms with E-state index in [1.54, 1.807) is 0 Å². The number of rotatable bonds is 3. The zero-order chi connectivity index (χ0) is 18.1. The lowest BCUT2D eigenvalue weighted by molar-refractivity contribution is -0.142. The Hall–Kier alpha value is -1.00. The number of hydrogen-bond donors (Lipinski definition) is 1. The molecule has 1 spiro atoms. The maximum absolute atomic E-state index is 13.1. The normalized spacial score (nSPS) is 19.9. The third kappa shape index (κ3) is 4.64. The molecule has 1 aliphatic carbocycles. The number of likely N-dealkylation sites (tertiary alicyclic amines) is 1. The fourth-order valence-corrected chi connectivity index (χ4v) is 4.13. The standard InChI is InChI=1S/C17H26F3N5.HI/c1-3-21-15(25-9-8-16(12-25)6-4-5-7-16)22-10-13-11-24(2)23-14(13)17(18,19)20;/h11H,3-10,12H2,1-2H3,(H,21,22);1H. The minimum Gasteiger partial charge on any atom is -0.357 e. The second-order valence-corrected chi connectivity index (χ2v) is 7.22. The van der Waals surface area contributed by atoms with Crippen LogP contribution < -0.4 is 5.32 Å². The highest BCUT2D eigenvalue weighted by molar-refractivity contribution is 14.0. The van der Waals surface area contributed by atoms with Gasteiger partial charge in [-0.3, -0.25) is 4.68 Å². The van der Waals surface area contributed by atoms with E-state index in [4.69, 9.17) is 0 Å². The van der Waals surface area contributed by atoms with Crippen LogP contribution in [0.3, 0.4) is 0 Å². The van der Waals surface area contributed by atoms with Gasteiger partial charge < -0.3 is 10.2 Å². The van der Waals surface area contributed by atoms with Crippen molar-refractivity contribution in [1.29, 1.82) is 0 Å². The molecule has 148 valence electrons. The summed E-state index contributed by atoms with van der Waals surface area (Å²) in [5.41, 5.74) is -0.342. The summed E-state index contributed by atoms with van der Waals surface area (Å²) in [5.74, 6) is 0.711. The van der Waals surface area contributed by atoms with Gasteiger partial charge in [0.15, 0.2) is 11.7 Å². The van der Waals surface area contributed by atoms with E-state index in [1.807, 2.05) is 6.92 Å². The van der Waals surface area contributed by atoms with Gasteiger partial charge in [0.2, 0.25) is 0 Å². The molecular formula is C17H27F3IN5. The number of aromatic nitrogens is 2. The topological polar surface area (TPSA) is 45.5 Å². The van der Waals surface area contributed by atoms with Crippen molar-refractivity contribution in [2.45, 2.75) is 51.7 Å². The van der Waals surface area contributed by atoms with Crippen LogP contribution in [0.25, 0.3) is 0 Å². The van der Waals surface area contributed by atoms with E-state index >= 15 is 0 Å². The Morgan fingerprint density at radius 1 is 1.31 bits per heavy atom. The highest BCUT2D eigenvalue weighted by atomic mass is 127.